The summed E-state index contributed by atoms with van der Waals surface area (Å²) in [5.41, 5.74) is 3.05. The van der Waals surface area contributed by atoms with Crippen LogP contribution < -0.4 is 5.73 Å². The highest BCUT2D eigenvalue weighted by Crippen LogP contribution is 2.38. The van der Waals surface area contributed by atoms with Gasteiger partial charge in [0.05, 0.1) is 6.54 Å². The van der Waals surface area contributed by atoms with Gasteiger partial charge in [0.15, 0.2) is 0 Å². The quantitative estimate of drug-likeness (QED) is 0.689. The third-order valence-electron chi connectivity index (χ3n) is 2.26. The SMILES string of the molecule is NCC(F)(F)C1(O)CCSCC1. The molecule has 0 saturated carbocycles. The molecule has 0 amide bonds. The van der Waals surface area contributed by atoms with Gasteiger partial charge in [-0.15, -0.1) is 0 Å². The molecule has 0 radical (unpaired) electrons. The summed E-state index contributed by atoms with van der Waals surface area (Å²) in [6.07, 6.45) is 0.281. The molecular weight excluding hydrogens is 184 g/mol. The minimum absolute atomic E-state index is 0.141. The van der Waals surface area contributed by atoms with Crippen LogP contribution in [0, 0.1) is 0 Å². The highest BCUT2D eigenvalue weighted by atomic mass is 32.2. The average molecular weight is 197 g/mol. The van der Waals surface area contributed by atoms with Gasteiger partial charge >= 0.3 is 0 Å². The van der Waals surface area contributed by atoms with Gasteiger partial charge in [0, 0.05) is 0 Å². The molecule has 0 aliphatic carbocycles. The molecule has 0 unspecified atom stereocenters. The van der Waals surface area contributed by atoms with Crippen LogP contribution in [0.3, 0.4) is 0 Å². The fraction of sp³-hybridized carbons (Fsp3) is 1.00. The summed E-state index contributed by atoms with van der Waals surface area (Å²) in [4.78, 5) is 0. The average Bonchev–Trinajstić information content (AvgIpc) is 2.06. The van der Waals surface area contributed by atoms with Crippen LogP contribution in [0.15, 0.2) is 0 Å². The summed E-state index contributed by atoms with van der Waals surface area (Å²) < 4.78 is 26.1. The summed E-state index contributed by atoms with van der Waals surface area (Å²) in [6.45, 7) is -0.770. The zero-order chi connectivity index (χ0) is 9.24. The van der Waals surface area contributed by atoms with Gasteiger partial charge in [-0.1, -0.05) is 0 Å². The van der Waals surface area contributed by atoms with Gasteiger partial charge in [-0.25, -0.2) is 8.78 Å². The number of halogens is 2. The lowest BCUT2D eigenvalue weighted by molar-refractivity contribution is -0.177. The molecule has 0 spiro atoms. The second-order valence-corrected chi connectivity index (χ2v) is 4.28. The Bertz CT molecular complexity index is 159. The van der Waals surface area contributed by atoms with Gasteiger partial charge < -0.3 is 10.8 Å². The molecule has 3 N–H and O–H groups in total. The van der Waals surface area contributed by atoms with E-state index in [-0.39, 0.29) is 12.8 Å². The van der Waals surface area contributed by atoms with Crippen molar-refractivity contribution in [2.75, 3.05) is 18.1 Å². The van der Waals surface area contributed by atoms with E-state index in [2.05, 4.69) is 0 Å². The van der Waals surface area contributed by atoms with Gasteiger partial charge in [0.1, 0.15) is 5.60 Å². The number of hydrogen-bond acceptors (Lipinski definition) is 3. The molecule has 0 bridgehead atoms. The van der Waals surface area contributed by atoms with Crippen molar-refractivity contribution in [3.63, 3.8) is 0 Å². The smallest absolute Gasteiger partial charge is 0.288 e. The van der Waals surface area contributed by atoms with Crippen molar-refractivity contribution in [2.24, 2.45) is 5.73 Å². The summed E-state index contributed by atoms with van der Waals surface area (Å²) in [5.74, 6) is -1.95. The second kappa shape index (κ2) is 3.47. The van der Waals surface area contributed by atoms with Crippen molar-refractivity contribution in [1.29, 1.82) is 0 Å². The van der Waals surface area contributed by atoms with E-state index in [9.17, 15) is 13.9 Å². The van der Waals surface area contributed by atoms with E-state index >= 15 is 0 Å². The molecule has 1 saturated heterocycles. The minimum Gasteiger partial charge on any atom is -0.383 e. The molecule has 5 heteroatoms. The monoisotopic (exact) mass is 197 g/mol. The Kier molecular flexibility index (Phi) is 2.96. The van der Waals surface area contributed by atoms with E-state index in [4.69, 9.17) is 5.73 Å². The number of nitrogens with two attached hydrogens (primary N) is 1. The maximum absolute atomic E-state index is 13.0. The van der Waals surface area contributed by atoms with Crippen LogP contribution in [-0.2, 0) is 0 Å². The summed E-state index contributed by atoms with van der Waals surface area (Å²) in [5, 5.41) is 9.56. The predicted molar refractivity (Wildman–Crippen MR) is 45.5 cm³/mol. The Morgan fingerprint density at radius 2 is 1.92 bits per heavy atom. The fourth-order valence-electron chi connectivity index (χ4n) is 1.26. The molecule has 0 atom stereocenters. The standard InChI is InChI=1S/C7H13F2NOS/c8-7(9,5-10)6(11)1-3-12-4-2-6/h11H,1-5,10H2. The van der Waals surface area contributed by atoms with Crippen molar-refractivity contribution in [3.05, 3.63) is 0 Å². The number of hydrogen-bond donors (Lipinski definition) is 2. The summed E-state index contributed by atoms with van der Waals surface area (Å²) in [7, 11) is 0. The zero-order valence-corrected chi connectivity index (χ0v) is 7.54. The van der Waals surface area contributed by atoms with E-state index in [1.54, 1.807) is 11.8 Å². The van der Waals surface area contributed by atoms with E-state index < -0.39 is 18.1 Å². The van der Waals surface area contributed by atoms with Crippen LogP contribution in [-0.4, -0.2) is 34.7 Å². The maximum Gasteiger partial charge on any atom is 0.288 e. The molecule has 12 heavy (non-hydrogen) atoms. The van der Waals surface area contributed by atoms with Gasteiger partial charge in [-0.05, 0) is 24.3 Å². The topological polar surface area (TPSA) is 46.2 Å². The number of alkyl halides is 2. The Balaban J connectivity index is 2.68. The number of rotatable bonds is 2. The summed E-state index contributed by atoms with van der Waals surface area (Å²) >= 11 is 1.59. The predicted octanol–water partition coefficient (Wildman–Crippen LogP) is 0.839. The third kappa shape index (κ3) is 1.72. The van der Waals surface area contributed by atoms with Gasteiger partial charge in [0.25, 0.3) is 5.92 Å². The zero-order valence-electron chi connectivity index (χ0n) is 6.72. The Morgan fingerprint density at radius 3 is 2.33 bits per heavy atom. The molecule has 1 heterocycles. The highest BCUT2D eigenvalue weighted by molar-refractivity contribution is 7.99. The summed E-state index contributed by atoms with van der Waals surface area (Å²) in [6, 6.07) is 0. The second-order valence-electron chi connectivity index (χ2n) is 3.05. The molecule has 1 aliphatic rings. The van der Waals surface area contributed by atoms with Crippen molar-refractivity contribution in [2.45, 2.75) is 24.4 Å². The Labute approximate surface area is 74.5 Å². The first-order valence-electron chi connectivity index (χ1n) is 3.90. The van der Waals surface area contributed by atoms with Crippen molar-refractivity contribution < 1.29 is 13.9 Å². The number of thioether (sulfide) groups is 1. The molecule has 72 valence electrons. The van der Waals surface area contributed by atoms with Crippen molar-refractivity contribution in [1.82, 2.24) is 0 Å². The molecule has 0 aromatic heterocycles. The third-order valence-corrected chi connectivity index (χ3v) is 3.24. The minimum atomic E-state index is -3.13. The molecule has 0 aromatic rings. The molecule has 1 fully saturated rings. The molecule has 2 nitrogen and oxygen atoms in total. The van der Waals surface area contributed by atoms with Gasteiger partial charge in [-0.2, -0.15) is 11.8 Å². The van der Waals surface area contributed by atoms with Crippen LogP contribution >= 0.6 is 11.8 Å². The van der Waals surface area contributed by atoms with E-state index in [1.807, 2.05) is 0 Å². The molecular formula is C7H13F2NOS. The molecule has 0 aromatic carbocycles. The first kappa shape index (κ1) is 10.2. The van der Waals surface area contributed by atoms with Gasteiger partial charge in [-0.3, -0.25) is 0 Å². The Morgan fingerprint density at radius 1 is 1.42 bits per heavy atom. The first-order chi connectivity index (χ1) is 5.52. The lowest BCUT2D eigenvalue weighted by Gasteiger charge is -2.37. The fourth-order valence-corrected chi connectivity index (χ4v) is 2.43. The van der Waals surface area contributed by atoms with Gasteiger partial charge in [0.2, 0.25) is 0 Å². The van der Waals surface area contributed by atoms with E-state index in [0.29, 0.717) is 11.5 Å². The molecule has 1 rings (SSSR count). The van der Waals surface area contributed by atoms with Crippen LogP contribution in [0.25, 0.3) is 0 Å². The number of aliphatic hydroxyl groups is 1. The normalized spacial score (nSPS) is 24.0. The van der Waals surface area contributed by atoms with Crippen LogP contribution in [0.2, 0.25) is 0 Å². The van der Waals surface area contributed by atoms with Crippen LogP contribution in [0.1, 0.15) is 12.8 Å². The van der Waals surface area contributed by atoms with E-state index in [0.717, 1.165) is 0 Å². The largest absolute Gasteiger partial charge is 0.383 e. The maximum atomic E-state index is 13.0. The van der Waals surface area contributed by atoms with Crippen molar-refractivity contribution >= 4 is 11.8 Å². The first-order valence-corrected chi connectivity index (χ1v) is 5.05. The van der Waals surface area contributed by atoms with Crippen LogP contribution in [0.4, 0.5) is 8.78 Å². The van der Waals surface area contributed by atoms with Crippen LogP contribution in [0.5, 0.6) is 0 Å². The van der Waals surface area contributed by atoms with E-state index in [1.165, 1.54) is 0 Å². The highest BCUT2D eigenvalue weighted by Gasteiger charge is 2.51. The lowest BCUT2D eigenvalue weighted by atomic mass is 9.89. The Hall–Kier alpha value is 0.130. The van der Waals surface area contributed by atoms with Crippen molar-refractivity contribution in [3.8, 4) is 0 Å². The lowest BCUT2D eigenvalue weighted by Crippen LogP contribution is -2.54. The molecule has 1 aliphatic heterocycles.